The van der Waals surface area contributed by atoms with Crippen LogP contribution in [-0.2, 0) is 0 Å². The minimum absolute atomic E-state index is 0.109. The van der Waals surface area contributed by atoms with Gasteiger partial charge in [-0.2, -0.15) is 0 Å². The van der Waals surface area contributed by atoms with Crippen molar-refractivity contribution in [1.29, 1.82) is 0 Å². The lowest BCUT2D eigenvalue weighted by Gasteiger charge is -2.15. The molecule has 66 valence electrons. The average Bonchev–Trinajstić information content (AvgIpc) is 1.82. The number of allylic oxidation sites excluding steroid dienone is 1. The van der Waals surface area contributed by atoms with E-state index in [2.05, 4.69) is 47.8 Å². The number of aliphatic hydroxyl groups is 3. The van der Waals surface area contributed by atoms with Crippen LogP contribution in [-0.4, -0.2) is 26.1 Å². The Kier molecular flexibility index (Phi) is 4.76. The molecule has 11 heavy (non-hydrogen) atoms. The van der Waals surface area contributed by atoms with Gasteiger partial charge in [0.25, 0.3) is 0 Å². The Labute approximate surface area is 89.5 Å². The van der Waals surface area contributed by atoms with Gasteiger partial charge in [-0.05, 0) is 22.9 Å². The Hall–Kier alpha value is 1.06. The van der Waals surface area contributed by atoms with Crippen LogP contribution in [0, 0.1) is 0 Å². The first kappa shape index (κ1) is 12.1. The first-order chi connectivity index (χ1) is 4.76. The van der Waals surface area contributed by atoms with Crippen LogP contribution in [0.4, 0.5) is 0 Å². The van der Waals surface area contributed by atoms with Gasteiger partial charge in [-0.25, -0.2) is 0 Å². The van der Waals surface area contributed by atoms with E-state index in [9.17, 15) is 0 Å². The molecule has 0 aliphatic heterocycles. The average molecular weight is 355 g/mol. The first-order valence-electron chi connectivity index (χ1n) is 2.63. The van der Waals surface area contributed by atoms with Gasteiger partial charge in [0.2, 0.25) is 0 Å². The van der Waals surface area contributed by atoms with Crippen LogP contribution in [0.15, 0.2) is 8.96 Å². The molecule has 0 aromatic heterocycles. The zero-order valence-corrected chi connectivity index (χ0v) is 10.3. The topological polar surface area (TPSA) is 60.7 Å². The minimum atomic E-state index is -2.82. The van der Waals surface area contributed by atoms with Crippen molar-refractivity contribution < 1.29 is 15.3 Å². The van der Waals surface area contributed by atoms with E-state index in [0.29, 0.717) is 4.48 Å². The lowest BCUT2D eigenvalue weighted by Crippen LogP contribution is -2.28. The second-order valence-corrected chi connectivity index (χ2v) is 4.93. The molecule has 0 saturated carbocycles. The lowest BCUT2D eigenvalue weighted by atomic mass is 10.4. The van der Waals surface area contributed by atoms with E-state index in [4.69, 9.17) is 15.3 Å². The lowest BCUT2D eigenvalue weighted by molar-refractivity contribution is -0.275. The van der Waals surface area contributed by atoms with E-state index in [1.807, 2.05) is 0 Å². The Morgan fingerprint density at radius 2 is 1.64 bits per heavy atom. The molecule has 0 spiro atoms. The summed E-state index contributed by atoms with van der Waals surface area (Å²) in [5.41, 5.74) is 0. The van der Waals surface area contributed by atoms with Gasteiger partial charge in [0, 0.05) is 9.31 Å². The second-order valence-electron chi connectivity index (χ2n) is 1.91. The van der Waals surface area contributed by atoms with Crippen molar-refractivity contribution in [2.45, 2.75) is 17.7 Å². The van der Waals surface area contributed by atoms with Crippen LogP contribution < -0.4 is 0 Å². The summed E-state index contributed by atoms with van der Waals surface area (Å²) in [4.78, 5) is -0.109. The third-order valence-electron chi connectivity index (χ3n) is 0.853. The van der Waals surface area contributed by atoms with Crippen molar-refractivity contribution in [2.24, 2.45) is 0 Å². The summed E-state index contributed by atoms with van der Waals surface area (Å²) in [5.74, 6) is -2.82. The van der Waals surface area contributed by atoms with Gasteiger partial charge in [0.15, 0.2) is 0 Å². The first-order valence-corrected chi connectivity index (χ1v) is 5.13. The summed E-state index contributed by atoms with van der Waals surface area (Å²) in [7, 11) is 0. The fourth-order valence-electron chi connectivity index (χ4n) is 0.335. The van der Waals surface area contributed by atoms with E-state index >= 15 is 0 Å². The quantitative estimate of drug-likeness (QED) is 0.519. The van der Waals surface area contributed by atoms with Crippen molar-refractivity contribution in [3.63, 3.8) is 0 Å². The number of rotatable bonds is 2. The zero-order chi connectivity index (χ0) is 9.23. The number of alkyl halides is 1. The van der Waals surface area contributed by atoms with Crippen molar-refractivity contribution in [2.75, 3.05) is 0 Å². The molecule has 6 heteroatoms. The molecule has 1 atom stereocenters. The molecule has 3 nitrogen and oxygen atoms in total. The molecule has 0 aliphatic rings. The van der Waals surface area contributed by atoms with Gasteiger partial charge in [0.05, 0.1) is 4.48 Å². The van der Waals surface area contributed by atoms with Gasteiger partial charge in [0.1, 0.15) is 0 Å². The minimum Gasteiger partial charge on any atom is -0.339 e. The molecule has 1 unspecified atom stereocenters. The van der Waals surface area contributed by atoms with Crippen LogP contribution in [0.3, 0.4) is 0 Å². The molecule has 0 radical (unpaired) electrons. The summed E-state index contributed by atoms with van der Waals surface area (Å²) in [6.07, 6.45) is 0. The summed E-state index contributed by atoms with van der Waals surface area (Å²) in [6, 6.07) is 0. The predicted molar refractivity (Wildman–Crippen MR) is 52.7 cm³/mol. The molecule has 3 N–H and O–H groups in total. The molecule has 0 bridgehead atoms. The van der Waals surface area contributed by atoms with Crippen LogP contribution in [0.1, 0.15) is 6.92 Å². The fraction of sp³-hybridized carbons (Fsp3) is 0.600. The van der Waals surface area contributed by atoms with E-state index in [0.717, 1.165) is 0 Å². The van der Waals surface area contributed by atoms with E-state index < -0.39 is 5.97 Å². The van der Waals surface area contributed by atoms with E-state index in [1.165, 1.54) is 0 Å². The Balaban J connectivity index is 4.67. The van der Waals surface area contributed by atoms with Gasteiger partial charge in [-0.15, -0.1) is 0 Å². The van der Waals surface area contributed by atoms with E-state index in [1.54, 1.807) is 6.92 Å². The van der Waals surface area contributed by atoms with Crippen LogP contribution in [0.5, 0.6) is 0 Å². The molecule has 0 rings (SSSR count). The summed E-state index contributed by atoms with van der Waals surface area (Å²) in [5, 5.41) is 26.0. The Morgan fingerprint density at radius 1 is 1.27 bits per heavy atom. The van der Waals surface area contributed by atoms with Gasteiger partial charge in [-0.1, -0.05) is 31.9 Å². The highest BCUT2D eigenvalue weighted by atomic mass is 79.9. The predicted octanol–water partition coefficient (Wildman–Crippen LogP) is 1.40. The van der Waals surface area contributed by atoms with Crippen molar-refractivity contribution in [3.8, 4) is 0 Å². The molecule has 0 heterocycles. The molecule has 0 saturated heterocycles. The maximum atomic E-state index is 8.66. The van der Waals surface area contributed by atoms with Gasteiger partial charge in [-0.3, -0.25) is 0 Å². The monoisotopic (exact) mass is 352 g/mol. The molecule has 0 aromatic rings. The molecular weight excluding hydrogens is 348 g/mol. The van der Waals surface area contributed by atoms with E-state index in [-0.39, 0.29) is 9.31 Å². The largest absolute Gasteiger partial charge is 0.339 e. The highest BCUT2D eigenvalue weighted by molar-refractivity contribution is 9.15. The summed E-state index contributed by atoms with van der Waals surface area (Å²) in [6.45, 7) is 1.76. The summed E-state index contributed by atoms with van der Waals surface area (Å²) < 4.78 is 0.319. The second kappa shape index (κ2) is 4.34. The summed E-state index contributed by atoms with van der Waals surface area (Å²) >= 11 is 9.03. The highest BCUT2D eigenvalue weighted by Gasteiger charge is 2.26. The maximum absolute atomic E-state index is 8.66. The van der Waals surface area contributed by atoms with Crippen molar-refractivity contribution in [1.82, 2.24) is 0 Å². The van der Waals surface area contributed by atoms with Gasteiger partial charge >= 0.3 is 5.97 Å². The molecule has 0 aliphatic carbocycles. The molecule has 0 fully saturated rings. The van der Waals surface area contributed by atoms with Gasteiger partial charge < -0.3 is 15.3 Å². The van der Waals surface area contributed by atoms with Crippen LogP contribution >= 0.6 is 47.8 Å². The number of hydrogen-bond donors (Lipinski definition) is 3. The standard InChI is InChI=1S/C5H7Br3O3/c1-2(6)3(7)4(8)5(9,10)11/h2,9-11H,1H3/b4-3+. The molecule has 0 aromatic carbocycles. The maximum Gasteiger partial charge on any atom is 0.312 e. The van der Waals surface area contributed by atoms with Crippen molar-refractivity contribution >= 4 is 47.8 Å². The number of hydrogen-bond acceptors (Lipinski definition) is 3. The zero-order valence-electron chi connectivity index (χ0n) is 5.55. The third kappa shape index (κ3) is 4.00. The normalized spacial score (nSPS) is 17.7. The molecular formula is C5H7Br3O3. The SMILES string of the molecule is CC(Br)/C(Br)=C(\Br)C(O)(O)O. The number of halogens is 3. The third-order valence-corrected chi connectivity index (χ3v) is 4.50. The van der Waals surface area contributed by atoms with Crippen molar-refractivity contribution in [3.05, 3.63) is 8.96 Å². The fourth-order valence-corrected chi connectivity index (χ4v) is 1.48. The van der Waals surface area contributed by atoms with Crippen LogP contribution in [0.25, 0.3) is 0 Å². The Morgan fingerprint density at radius 3 is 1.73 bits per heavy atom. The Bertz CT molecular complexity index is 170. The smallest absolute Gasteiger partial charge is 0.312 e. The highest BCUT2D eigenvalue weighted by Crippen LogP contribution is 2.30. The van der Waals surface area contributed by atoms with Crippen LogP contribution in [0.2, 0.25) is 0 Å². The molecule has 0 amide bonds.